The molecule has 0 saturated heterocycles. The Balaban J connectivity index is 1.56. The average molecular weight is 596 g/mol. The average Bonchev–Trinajstić information content (AvgIpc) is 3.35. The van der Waals surface area contributed by atoms with E-state index in [1.807, 2.05) is 37.1 Å². The van der Waals surface area contributed by atoms with Crippen molar-refractivity contribution in [3.8, 4) is 16.9 Å². The van der Waals surface area contributed by atoms with E-state index in [0.717, 1.165) is 53.7 Å². The summed E-state index contributed by atoms with van der Waals surface area (Å²) in [7, 11) is 3.53. The number of carboxylic acids is 1. The predicted molar refractivity (Wildman–Crippen MR) is 160 cm³/mol. The standard InChI is InChI=1S/C31H31ClFN3O4S/c1-17-4-10-23(33)28-26(17)27(32)29(41-28)30(37)36(22-8-6-21(34-2)7-9-22)16-20-14-18(5-11-25(20)40-3)19-12-13-35-24(15-19)31(38)39/h4-5,10-15,21-22,34H,6-9,16H2,1-3H3,(H,38,39). The van der Waals surface area contributed by atoms with Gasteiger partial charge in [0.15, 0.2) is 0 Å². The number of carboxylic acid groups (broad SMARTS) is 1. The minimum Gasteiger partial charge on any atom is -0.496 e. The fourth-order valence-electron chi connectivity index (χ4n) is 5.59. The number of benzene rings is 2. The summed E-state index contributed by atoms with van der Waals surface area (Å²) in [6.07, 6.45) is 4.92. The number of halogens is 2. The lowest BCUT2D eigenvalue weighted by molar-refractivity contribution is 0.0604. The summed E-state index contributed by atoms with van der Waals surface area (Å²) in [4.78, 5) is 31.9. The number of aromatic nitrogens is 1. The number of fused-ring (bicyclic) bond motifs is 1. The summed E-state index contributed by atoms with van der Waals surface area (Å²) in [6, 6.07) is 12.3. The van der Waals surface area contributed by atoms with Gasteiger partial charge in [0.1, 0.15) is 22.1 Å². The highest BCUT2D eigenvalue weighted by molar-refractivity contribution is 7.21. The molecule has 4 aromatic rings. The summed E-state index contributed by atoms with van der Waals surface area (Å²) in [5.41, 5.74) is 2.99. The highest BCUT2D eigenvalue weighted by atomic mass is 35.5. The van der Waals surface area contributed by atoms with Crippen LogP contribution in [0.1, 0.15) is 57.0 Å². The fraction of sp³-hybridized carbons (Fsp3) is 0.323. The summed E-state index contributed by atoms with van der Waals surface area (Å²) >= 11 is 7.86. The maximum atomic E-state index is 14.8. The third-order valence-corrected chi connectivity index (χ3v) is 9.55. The Morgan fingerprint density at radius 3 is 2.54 bits per heavy atom. The predicted octanol–water partition coefficient (Wildman–Crippen LogP) is 6.94. The fourth-order valence-corrected chi connectivity index (χ4v) is 7.22. The van der Waals surface area contributed by atoms with E-state index in [2.05, 4.69) is 10.3 Å². The van der Waals surface area contributed by atoms with Crippen molar-refractivity contribution in [3.05, 3.63) is 81.2 Å². The molecule has 7 nitrogen and oxygen atoms in total. The van der Waals surface area contributed by atoms with Gasteiger partial charge in [0, 0.05) is 35.8 Å². The van der Waals surface area contributed by atoms with Crippen molar-refractivity contribution in [3.63, 3.8) is 0 Å². The SMILES string of the molecule is CNC1CCC(N(Cc2cc(-c3ccnc(C(=O)O)c3)ccc2OC)C(=O)c2sc3c(F)ccc(C)c3c2Cl)CC1. The summed E-state index contributed by atoms with van der Waals surface area (Å²) in [6.45, 7) is 2.10. The normalized spacial score (nSPS) is 17.0. The van der Waals surface area contributed by atoms with Crippen LogP contribution in [0.4, 0.5) is 4.39 Å². The number of aromatic carboxylic acids is 1. The number of carbonyl (C=O) groups excluding carboxylic acids is 1. The zero-order valence-corrected chi connectivity index (χ0v) is 24.6. The maximum absolute atomic E-state index is 14.8. The molecule has 1 aliphatic rings. The van der Waals surface area contributed by atoms with E-state index in [1.54, 1.807) is 19.2 Å². The molecule has 0 aliphatic heterocycles. The Morgan fingerprint density at radius 2 is 1.88 bits per heavy atom. The molecule has 5 rings (SSSR count). The molecule has 2 N–H and O–H groups in total. The van der Waals surface area contributed by atoms with Crippen molar-refractivity contribution in [2.45, 2.75) is 51.2 Å². The number of aryl methyl sites for hydroxylation is 1. The molecule has 1 aliphatic carbocycles. The summed E-state index contributed by atoms with van der Waals surface area (Å²) in [5, 5.41) is 13.6. The van der Waals surface area contributed by atoms with Crippen LogP contribution in [0.5, 0.6) is 5.75 Å². The van der Waals surface area contributed by atoms with Crippen LogP contribution >= 0.6 is 22.9 Å². The van der Waals surface area contributed by atoms with Crippen LogP contribution in [-0.2, 0) is 6.54 Å². The first kappa shape index (κ1) is 29.0. The van der Waals surface area contributed by atoms with Crippen LogP contribution < -0.4 is 10.1 Å². The van der Waals surface area contributed by atoms with E-state index < -0.39 is 11.8 Å². The first-order valence-corrected chi connectivity index (χ1v) is 14.6. The highest BCUT2D eigenvalue weighted by Gasteiger charge is 2.32. The minimum absolute atomic E-state index is 0.0489. The number of nitrogens with one attached hydrogen (secondary N) is 1. The molecule has 214 valence electrons. The molecule has 41 heavy (non-hydrogen) atoms. The van der Waals surface area contributed by atoms with Crippen molar-refractivity contribution in [1.82, 2.24) is 15.2 Å². The van der Waals surface area contributed by atoms with Gasteiger partial charge in [-0.3, -0.25) is 4.79 Å². The number of pyridine rings is 1. The molecule has 2 aromatic heterocycles. The molecule has 2 heterocycles. The third kappa shape index (κ3) is 5.80. The van der Waals surface area contributed by atoms with Gasteiger partial charge in [0.2, 0.25) is 0 Å². The molecule has 1 saturated carbocycles. The number of methoxy groups -OCH3 is 1. The number of hydrogen-bond donors (Lipinski definition) is 2. The molecule has 1 amide bonds. The molecule has 10 heteroatoms. The Labute approximate surface area is 246 Å². The molecule has 0 radical (unpaired) electrons. The van der Waals surface area contributed by atoms with E-state index in [1.165, 1.54) is 18.3 Å². The van der Waals surface area contributed by atoms with E-state index in [4.69, 9.17) is 16.3 Å². The second-order valence-electron chi connectivity index (χ2n) is 10.3. The lowest BCUT2D eigenvalue weighted by atomic mass is 9.89. The van der Waals surface area contributed by atoms with Crippen molar-refractivity contribution in [2.24, 2.45) is 0 Å². The van der Waals surface area contributed by atoms with Gasteiger partial charge in [-0.1, -0.05) is 23.7 Å². The van der Waals surface area contributed by atoms with Gasteiger partial charge in [-0.05, 0) is 86.7 Å². The van der Waals surface area contributed by atoms with E-state index in [0.29, 0.717) is 32.3 Å². The van der Waals surface area contributed by atoms with Crippen LogP contribution in [0.25, 0.3) is 21.2 Å². The first-order valence-electron chi connectivity index (χ1n) is 13.4. The van der Waals surface area contributed by atoms with Crippen LogP contribution in [0.3, 0.4) is 0 Å². The molecule has 0 bridgehead atoms. The highest BCUT2D eigenvalue weighted by Crippen LogP contribution is 2.41. The third-order valence-electron chi connectivity index (χ3n) is 7.88. The number of amides is 1. The number of ether oxygens (including phenoxy) is 1. The number of nitrogens with zero attached hydrogens (tertiary/aromatic N) is 2. The van der Waals surface area contributed by atoms with Gasteiger partial charge in [0.05, 0.1) is 16.8 Å². The molecule has 0 atom stereocenters. The Kier molecular flexibility index (Phi) is 8.58. The van der Waals surface area contributed by atoms with Gasteiger partial charge < -0.3 is 20.1 Å². The lowest BCUT2D eigenvalue weighted by Gasteiger charge is -2.37. The largest absolute Gasteiger partial charge is 0.496 e. The van der Waals surface area contributed by atoms with Gasteiger partial charge in [-0.15, -0.1) is 11.3 Å². The van der Waals surface area contributed by atoms with Crippen LogP contribution in [0.2, 0.25) is 5.02 Å². The van der Waals surface area contributed by atoms with Gasteiger partial charge in [0.25, 0.3) is 5.91 Å². The lowest BCUT2D eigenvalue weighted by Crippen LogP contribution is -2.44. The van der Waals surface area contributed by atoms with Gasteiger partial charge in [-0.2, -0.15) is 0 Å². The smallest absolute Gasteiger partial charge is 0.354 e. The number of carbonyl (C=O) groups is 2. The Bertz CT molecular complexity index is 1620. The van der Waals surface area contributed by atoms with E-state index >= 15 is 0 Å². The number of hydrogen-bond acceptors (Lipinski definition) is 6. The second-order valence-corrected chi connectivity index (χ2v) is 11.7. The molecule has 1 fully saturated rings. The minimum atomic E-state index is -1.11. The zero-order chi connectivity index (χ0) is 29.3. The quantitative estimate of drug-likeness (QED) is 0.229. The molecular weight excluding hydrogens is 565 g/mol. The van der Waals surface area contributed by atoms with Crippen LogP contribution in [0.15, 0.2) is 48.7 Å². The van der Waals surface area contributed by atoms with Crippen LogP contribution in [-0.4, -0.2) is 53.1 Å². The second kappa shape index (κ2) is 12.1. The molecule has 0 unspecified atom stereocenters. The Morgan fingerprint density at radius 1 is 1.15 bits per heavy atom. The summed E-state index contributed by atoms with van der Waals surface area (Å²) in [5.74, 6) is -1.15. The van der Waals surface area contributed by atoms with Crippen molar-refractivity contribution >= 4 is 44.9 Å². The van der Waals surface area contributed by atoms with Gasteiger partial charge in [-0.25, -0.2) is 14.2 Å². The molecular formula is C31H31ClFN3O4S. The first-order chi connectivity index (χ1) is 19.7. The van der Waals surface area contributed by atoms with Crippen molar-refractivity contribution in [1.29, 1.82) is 0 Å². The molecule has 2 aromatic carbocycles. The number of thiophene rings is 1. The molecule has 0 spiro atoms. The Hall–Kier alpha value is -3.53. The van der Waals surface area contributed by atoms with E-state index in [9.17, 15) is 19.1 Å². The van der Waals surface area contributed by atoms with Crippen molar-refractivity contribution in [2.75, 3.05) is 14.2 Å². The van der Waals surface area contributed by atoms with Gasteiger partial charge >= 0.3 is 5.97 Å². The summed E-state index contributed by atoms with van der Waals surface area (Å²) < 4.78 is 20.8. The number of rotatable bonds is 8. The van der Waals surface area contributed by atoms with Crippen molar-refractivity contribution < 1.29 is 23.8 Å². The topological polar surface area (TPSA) is 91.8 Å². The monoisotopic (exact) mass is 595 g/mol. The zero-order valence-electron chi connectivity index (χ0n) is 23.0. The van der Waals surface area contributed by atoms with Crippen LogP contribution in [0, 0.1) is 12.7 Å². The maximum Gasteiger partial charge on any atom is 0.354 e. The van der Waals surface area contributed by atoms with E-state index in [-0.39, 0.29) is 29.2 Å².